The standard InChI is InChI=1S/C13H21NO5S/c1-2-11-19-12-3-5-13(6-4-12)20(17,18)14(7-9-15)8-10-16/h3-6,15-16H,2,7-11H2,1H3. The fourth-order valence-corrected chi connectivity index (χ4v) is 3.07. The molecule has 0 unspecified atom stereocenters. The summed E-state index contributed by atoms with van der Waals surface area (Å²) >= 11 is 0. The minimum absolute atomic E-state index is 0.0447. The second-order valence-corrected chi connectivity index (χ2v) is 6.11. The molecule has 6 nitrogen and oxygen atoms in total. The highest BCUT2D eigenvalue weighted by molar-refractivity contribution is 7.89. The molecule has 0 aliphatic rings. The Morgan fingerprint density at radius 1 is 1.10 bits per heavy atom. The zero-order valence-electron chi connectivity index (χ0n) is 11.5. The molecule has 0 saturated carbocycles. The van der Waals surface area contributed by atoms with E-state index in [2.05, 4.69) is 0 Å². The van der Waals surface area contributed by atoms with Crippen LogP contribution in [0.4, 0.5) is 0 Å². The third kappa shape index (κ3) is 4.45. The summed E-state index contributed by atoms with van der Waals surface area (Å²) in [5.74, 6) is 0.613. The van der Waals surface area contributed by atoms with Crippen LogP contribution in [0.15, 0.2) is 29.2 Å². The van der Waals surface area contributed by atoms with Gasteiger partial charge in [0.1, 0.15) is 5.75 Å². The van der Waals surface area contributed by atoms with Crippen LogP contribution in [0.1, 0.15) is 13.3 Å². The third-order valence-electron chi connectivity index (χ3n) is 2.63. The topological polar surface area (TPSA) is 87.1 Å². The monoisotopic (exact) mass is 303 g/mol. The molecule has 0 amide bonds. The van der Waals surface area contributed by atoms with Gasteiger partial charge in [0.15, 0.2) is 0 Å². The first-order chi connectivity index (χ1) is 9.56. The van der Waals surface area contributed by atoms with Crippen LogP contribution in [0.5, 0.6) is 5.75 Å². The van der Waals surface area contributed by atoms with Gasteiger partial charge in [-0.05, 0) is 30.7 Å². The molecule has 7 heteroatoms. The fraction of sp³-hybridized carbons (Fsp3) is 0.538. The van der Waals surface area contributed by atoms with E-state index in [0.29, 0.717) is 12.4 Å². The molecule has 0 bridgehead atoms. The summed E-state index contributed by atoms with van der Waals surface area (Å²) in [5, 5.41) is 17.8. The highest BCUT2D eigenvalue weighted by Crippen LogP contribution is 2.19. The Morgan fingerprint density at radius 2 is 1.65 bits per heavy atom. The van der Waals surface area contributed by atoms with Crippen molar-refractivity contribution in [2.24, 2.45) is 0 Å². The number of nitrogens with zero attached hydrogens (tertiary/aromatic N) is 1. The Hall–Kier alpha value is -1.15. The molecule has 1 aromatic rings. The molecule has 2 N–H and O–H groups in total. The lowest BCUT2D eigenvalue weighted by Gasteiger charge is -2.20. The Kier molecular flexibility index (Phi) is 6.94. The summed E-state index contributed by atoms with van der Waals surface area (Å²) in [6.45, 7) is 1.88. The van der Waals surface area contributed by atoms with Gasteiger partial charge in [-0.25, -0.2) is 8.42 Å². The second-order valence-electron chi connectivity index (χ2n) is 4.17. The molecule has 0 radical (unpaired) electrons. The van der Waals surface area contributed by atoms with Gasteiger partial charge in [0.05, 0.1) is 24.7 Å². The van der Waals surface area contributed by atoms with Gasteiger partial charge in [0.25, 0.3) is 0 Å². The van der Waals surface area contributed by atoms with Crippen molar-refractivity contribution in [2.75, 3.05) is 32.9 Å². The van der Waals surface area contributed by atoms with Crippen LogP contribution in [0.2, 0.25) is 0 Å². The van der Waals surface area contributed by atoms with E-state index in [-0.39, 0.29) is 31.2 Å². The van der Waals surface area contributed by atoms with Gasteiger partial charge in [0.2, 0.25) is 10.0 Å². The lowest BCUT2D eigenvalue weighted by atomic mass is 10.3. The summed E-state index contributed by atoms with van der Waals surface area (Å²) in [7, 11) is -3.70. The molecule has 0 aliphatic carbocycles. The Balaban J connectivity index is 2.90. The fourth-order valence-electron chi connectivity index (χ4n) is 1.65. The van der Waals surface area contributed by atoms with Crippen LogP contribution in [0, 0.1) is 0 Å². The number of rotatable bonds is 9. The van der Waals surface area contributed by atoms with Crippen molar-refractivity contribution in [3.05, 3.63) is 24.3 Å². The van der Waals surface area contributed by atoms with E-state index in [1.165, 1.54) is 12.1 Å². The number of aliphatic hydroxyl groups excluding tert-OH is 2. The van der Waals surface area contributed by atoms with Crippen molar-refractivity contribution >= 4 is 10.0 Å². The molecule has 0 saturated heterocycles. The van der Waals surface area contributed by atoms with Crippen molar-refractivity contribution in [1.82, 2.24) is 4.31 Å². The van der Waals surface area contributed by atoms with Gasteiger partial charge in [0, 0.05) is 13.1 Å². The molecule has 0 aliphatic heterocycles. The number of benzene rings is 1. The maximum absolute atomic E-state index is 12.3. The van der Waals surface area contributed by atoms with Gasteiger partial charge in [-0.1, -0.05) is 6.92 Å². The minimum atomic E-state index is -3.70. The zero-order chi connectivity index (χ0) is 15.0. The Labute approximate surface area is 119 Å². The number of sulfonamides is 1. The lowest BCUT2D eigenvalue weighted by molar-refractivity contribution is 0.217. The van der Waals surface area contributed by atoms with E-state index in [9.17, 15) is 8.42 Å². The van der Waals surface area contributed by atoms with Gasteiger partial charge < -0.3 is 14.9 Å². The molecule has 0 aromatic heterocycles. The molecule has 20 heavy (non-hydrogen) atoms. The van der Waals surface area contributed by atoms with Crippen molar-refractivity contribution in [1.29, 1.82) is 0 Å². The normalized spacial score (nSPS) is 11.8. The first-order valence-electron chi connectivity index (χ1n) is 6.51. The Morgan fingerprint density at radius 3 is 2.10 bits per heavy atom. The molecule has 0 heterocycles. The SMILES string of the molecule is CCCOc1ccc(S(=O)(=O)N(CCO)CCO)cc1. The van der Waals surface area contributed by atoms with Gasteiger partial charge >= 0.3 is 0 Å². The number of ether oxygens (including phenoxy) is 1. The molecular formula is C13H21NO5S. The molecule has 0 atom stereocenters. The number of hydrogen-bond donors (Lipinski definition) is 2. The van der Waals surface area contributed by atoms with Crippen LogP contribution >= 0.6 is 0 Å². The van der Waals surface area contributed by atoms with Crippen LogP contribution < -0.4 is 4.74 Å². The zero-order valence-corrected chi connectivity index (χ0v) is 12.3. The molecule has 0 spiro atoms. The third-order valence-corrected chi connectivity index (χ3v) is 4.55. The summed E-state index contributed by atoms with van der Waals surface area (Å²) in [6, 6.07) is 6.11. The highest BCUT2D eigenvalue weighted by atomic mass is 32.2. The van der Waals surface area contributed by atoms with Crippen LogP contribution in [0.3, 0.4) is 0 Å². The Bertz CT molecular complexity index is 480. The summed E-state index contributed by atoms with van der Waals surface area (Å²) in [5.41, 5.74) is 0. The molecule has 1 rings (SSSR count). The average Bonchev–Trinajstić information content (AvgIpc) is 2.45. The van der Waals surface area contributed by atoms with Crippen LogP contribution in [0.25, 0.3) is 0 Å². The summed E-state index contributed by atoms with van der Waals surface area (Å²) in [6.07, 6.45) is 0.876. The summed E-state index contributed by atoms with van der Waals surface area (Å²) in [4.78, 5) is 0.114. The maximum atomic E-state index is 12.3. The predicted molar refractivity (Wildman–Crippen MR) is 75.2 cm³/mol. The van der Waals surface area contributed by atoms with E-state index < -0.39 is 10.0 Å². The first kappa shape index (κ1) is 16.9. The first-order valence-corrected chi connectivity index (χ1v) is 7.95. The van der Waals surface area contributed by atoms with Gasteiger partial charge in [-0.15, -0.1) is 0 Å². The second kappa shape index (κ2) is 8.21. The minimum Gasteiger partial charge on any atom is -0.494 e. The number of hydrogen-bond acceptors (Lipinski definition) is 5. The lowest BCUT2D eigenvalue weighted by Crippen LogP contribution is -2.35. The van der Waals surface area contributed by atoms with Crippen molar-refractivity contribution in [2.45, 2.75) is 18.2 Å². The van der Waals surface area contributed by atoms with Crippen LogP contribution in [-0.2, 0) is 10.0 Å². The molecule has 0 fully saturated rings. The smallest absolute Gasteiger partial charge is 0.243 e. The molecule has 1 aromatic carbocycles. The van der Waals surface area contributed by atoms with Gasteiger partial charge in [-0.3, -0.25) is 0 Å². The van der Waals surface area contributed by atoms with Crippen molar-refractivity contribution < 1.29 is 23.4 Å². The van der Waals surface area contributed by atoms with Crippen molar-refractivity contribution in [3.63, 3.8) is 0 Å². The van der Waals surface area contributed by atoms with Crippen molar-refractivity contribution in [3.8, 4) is 5.75 Å². The van der Waals surface area contributed by atoms with E-state index >= 15 is 0 Å². The van der Waals surface area contributed by atoms with Gasteiger partial charge in [-0.2, -0.15) is 4.31 Å². The quantitative estimate of drug-likeness (QED) is 0.691. The van der Waals surface area contributed by atoms with Crippen LogP contribution in [-0.4, -0.2) is 55.8 Å². The molecular weight excluding hydrogens is 282 g/mol. The largest absolute Gasteiger partial charge is 0.494 e. The van der Waals surface area contributed by atoms with E-state index in [1.807, 2.05) is 6.92 Å². The van der Waals surface area contributed by atoms with E-state index in [1.54, 1.807) is 12.1 Å². The van der Waals surface area contributed by atoms with E-state index in [4.69, 9.17) is 14.9 Å². The summed E-state index contributed by atoms with van der Waals surface area (Å²) < 4.78 is 31.0. The highest BCUT2D eigenvalue weighted by Gasteiger charge is 2.23. The number of aliphatic hydroxyl groups is 2. The average molecular weight is 303 g/mol. The predicted octanol–water partition coefficient (Wildman–Crippen LogP) is 0.451. The van der Waals surface area contributed by atoms with E-state index in [0.717, 1.165) is 10.7 Å². The molecule has 114 valence electrons. The maximum Gasteiger partial charge on any atom is 0.243 e.